The van der Waals surface area contributed by atoms with E-state index < -0.39 is 69.9 Å². The fourth-order valence-electron chi connectivity index (χ4n) is 4.29. The number of alkyl halides is 10. The van der Waals surface area contributed by atoms with Gasteiger partial charge in [0.1, 0.15) is 5.41 Å². The van der Waals surface area contributed by atoms with E-state index in [2.05, 4.69) is 20.9 Å². The molecule has 0 saturated carbocycles. The van der Waals surface area contributed by atoms with Gasteiger partial charge >= 0.3 is 24.6 Å². The van der Waals surface area contributed by atoms with E-state index in [4.69, 9.17) is 11.6 Å². The first kappa shape index (κ1) is 32.0. The highest BCUT2D eigenvalue weighted by atomic mass is 79.9. The second-order valence-corrected chi connectivity index (χ2v) is 11.5. The van der Waals surface area contributed by atoms with Crippen molar-refractivity contribution in [3.05, 3.63) is 68.7 Å². The number of hydrogen-bond acceptors (Lipinski definition) is 2. The number of rotatable bonds is 4. The van der Waals surface area contributed by atoms with E-state index in [-0.39, 0.29) is 34.8 Å². The van der Waals surface area contributed by atoms with E-state index >= 15 is 0 Å². The predicted molar refractivity (Wildman–Crippen MR) is 133 cm³/mol. The second-order valence-electron chi connectivity index (χ2n) is 10.2. The maximum Gasteiger partial charge on any atom is 0.416 e. The number of carboxylic acid groups (broad SMARTS) is 1. The van der Waals surface area contributed by atoms with Gasteiger partial charge < -0.3 is 5.11 Å². The molecule has 1 aliphatic heterocycles. The SMILES string of the molecule is CC(C)(C)N(Cc1ccc(C2=NCC(c3cc(C(F)(F)F)cc(C(F)(F)F)c3)(C(F)(F)F)C2Cl)cc1Br)C(=O)O. The molecule has 2 aromatic carbocycles. The third-order valence-corrected chi connectivity index (χ3v) is 7.82. The van der Waals surface area contributed by atoms with Gasteiger partial charge in [-0.1, -0.05) is 28.1 Å². The van der Waals surface area contributed by atoms with Crippen LogP contribution in [0.3, 0.4) is 0 Å². The van der Waals surface area contributed by atoms with Crippen LogP contribution < -0.4 is 0 Å². The molecule has 2 aromatic rings. The molecule has 1 amide bonds. The van der Waals surface area contributed by atoms with Crippen molar-refractivity contribution in [3.63, 3.8) is 0 Å². The average molecular weight is 668 g/mol. The van der Waals surface area contributed by atoms with Crippen LogP contribution in [-0.2, 0) is 24.3 Å². The molecule has 3 rings (SSSR count). The standard InChI is InChI=1S/C25H21BrClF9N2O2/c1-21(2,3)38(20(39)40)10-13-5-4-12(6-17(13)26)18-19(27)22(11-37-18,25(34,35)36)14-7-15(23(28,29)30)9-16(8-14)24(31,32)33/h4-9,19H,10-11H2,1-3H3,(H,39,40). The smallest absolute Gasteiger partial charge is 0.416 e. The number of aliphatic imine (C=N–C) groups is 1. The molecular weight excluding hydrogens is 647 g/mol. The van der Waals surface area contributed by atoms with Crippen LogP contribution in [0.5, 0.6) is 0 Å². The lowest BCUT2D eigenvalue weighted by Gasteiger charge is -2.35. The lowest BCUT2D eigenvalue weighted by Crippen LogP contribution is -2.51. The van der Waals surface area contributed by atoms with E-state index in [0.29, 0.717) is 5.56 Å². The molecule has 2 atom stereocenters. The molecule has 4 nitrogen and oxygen atoms in total. The molecule has 0 saturated heterocycles. The summed E-state index contributed by atoms with van der Waals surface area (Å²) in [5.41, 5.74) is -9.29. The van der Waals surface area contributed by atoms with E-state index in [1.54, 1.807) is 20.8 Å². The number of benzene rings is 2. The monoisotopic (exact) mass is 666 g/mol. The average Bonchev–Trinajstić information content (AvgIpc) is 3.13. The zero-order valence-corrected chi connectivity index (χ0v) is 23.2. The highest BCUT2D eigenvalue weighted by Crippen LogP contribution is 2.52. The Bertz CT molecular complexity index is 1300. The molecule has 2 unspecified atom stereocenters. The number of halogens is 11. The normalized spacial score (nSPS) is 20.4. The van der Waals surface area contributed by atoms with Crippen LogP contribution in [0.1, 0.15) is 48.6 Å². The van der Waals surface area contributed by atoms with E-state index in [0.717, 1.165) is 4.90 Å². The highest BCUT2D eigenvalue weighted by molar-refractivity contribution is 9.10. The molecule has 15 heteroatoms. The van der Waals surface area contributed by atoms with Crippen LogP contribution in [-0.4, -0.2) is 45.4 Å². The maximum atomic E-state index is 14.6. The molecule has 0 bridgehead atoms. The fraction of sp³-hybridized carbons (Fsp3) is 0.440. The van der Waals surface area contributed by atoms with Crippen LogP contribution >= 0.6 is 27.5 Å². The Morgan fingerprint density at radius 3 is 1.93 bits per heavy atom. The van der Waals surface area contributed by atoms with Gasteiger partial charge in [0.05, 0.1) is 35.3 Å². The zero-order valence-electron chi connectivity index (χ0n) is 20.9. The summed E-state index contributed by atoms with van der Waals surface area (Å²) in [6.07, 6.45) is -17.4. The molecule has 1 aliphatic rings. The summed E-state index contributed by atoms with van der Waals surface area (Å²) in [5.74, 6) is 0. The summed E-state index contributed by atoms with van der Waals surface area (Å²) in [4.78, 5) is 16.6. The number of nitrogens with zero attached hydrogens (tertiary/aromatic N) is 2. The Balaban J connectivity index is 2.10. The van der Waals surface area contributed by atoms with Gasteiger partial charge in [0.15, 0.2) is 0 Å². The van der Waals surface area contributed by atoms with Crippen molar-refractivity contribution < 1.29 is 49.4 Å². The molecule has 1 N–H and O–H groups in total. The predicted octanol–water partition coefficient (Wildman–Crippen LogP) is 8.68. The second kappa shape index (κ2) is 10.4. The maximum absolute atomic E-state index is 14.6. The first-order chi connectivity index (χ1) is 18.0. The summed E-state index contributed by atoms with van der Waals surface area (Å²) in [5, 5.41) is 7.34. The number of hydrogen-bond donors (Lipinski definition) is 1. The summed E-state index contributed by atoms with van der Waals surface area (Å²) < 4.78 is 125. The minimum Gasteiger partial charge on any atom is -0.465 e. The summed E-state index contributed by atoms with van der Waals surface area (Å²) in [6.45, 7) is 3.61. The topological polar surface area (TPSA) is 52.9 Å². The molecule has 0 radical (unpaired) electrons. The Labute approximate surface area is 235 Å². The summed E-state index contributed by atoms with van der Waals surface area (Å²) in [6, 6.07) is 3.79. The van der Waals surface area contributed by atoms with Gasteiger partial charge in [-0.2, -0.15) is 39.5 Å². The third-order valence-electron chi connectivity index (χ3n) is 6.50. The van der Waals surface area contributed by atoms with Crippen LogP contribution in [0.4, 0.5) is 44.3 Å². The Morgan fingerprint density at radius 2 is 1.52 bits per heavy atom. The van der Waals surface area contributed by atoms with Crippen LogP contribution in [0.15, 0.2) is 45.9 Å². The Hall–Kier alpha value is -2.48. The summed E-state index contributed by atoms with van der Waals surface area (Å²) >= 11 is 9.50. The molecule has 0 fully saturated rings. The van der Waals surface area contributed by atoms with Crippen molar-refractivity contribution in [3.8, 4) is 0 Å². The molecule has 220 valence electrons. The fourth-order valence-corrected chi connectivity index (χ4v) is 5.30. The molecular formula is C25H21BrClF9N2O2. The largest absolute Gasteiger partial charge is 0.465 e. The van der Waals surface area contributed by atoms with Crippen molar-refractivity contribution in [1.82, 2.24) is 4.90 Å². The van der Waals surface area contributed by atoms with Gasteiger partial charge in [0, 0.05) is 10.0 Å². The third kappa shape index (κ3) is 6.07. The van der Waals surface area contributed by atoms with Gasteiger partial charge in [0.2, 0.25) is 0 Å². The first-order valence-electron chi connectivity index (χ1n) is 11.3. The minimum absolute atomic E-state index is 0.0161. The van der Waals surface area contributed by atoms with Crippen molar-refractivity contribution in [1.29, 1.82) is 0 Å². The quantitative estimate of drug-likeness (QED) is 0.262. The molecule has 0 spiro atoms. The van der Waals surface area contributed by atoms with E-state index in [1.165, 1.54) is 18.2 Å². The van der Waals surface area contributed by atoms with Gasteiger partial charge in [-0.25, -0.2) is 4.79 Å². The Morgan fingerprint density at radius 1 is 1.00 bits per heavy atom. The van der Waals surface area contributed by atoms with Gasteiger partial charge in [0.25, 0.3) is 0 Å². The lowest BCUT2D eigenvalue weighted by atomic mass is 9.75. The summed E-state index contributed by atoms with van der Waals surface area (Å²) in [7, 11) is 0. The van der Waals surface area contributed by atoms with Crippen LogP contribution in [0, 0.1) is 0 Å². The first-order valence-corrected chi connectivity index (χ1v) is 12.6. The van der Waals surface area contributed by atoms with Gasteiger partial charge in [-0.3, -0.25) is 9.89 Å². The van der Waals surface area contributed by atoms with Crippen molar-refractivity contribution in [2.75, 3.05) is 6.54 Å². The molecule has 1 heterocycles. The van der Waals surface area contributed by atoms with Crippen LogP contribution in [0.2, 0.25) is 0 Å². The molecule has 0 aromatic heterocycles. The zero-order chi connectivity index (χ0) is 30.6. The Kier molecular flexibility index (Phi) is 8.34. The van der Waals surface area contributed by atoms with Crippen LogP contribution in [0.25, 0.3) is 0 Å². The molecule has 40 heavy (non-hydrogen) atoms. The lowest BCUT2D eigenvalue weighted by molar-refractivity contribution is -0.183. The molecule has 0 aliphatic carbocycles. The van der Waals surface area contributed by atoms with Crippen molar-refractivity contribution >= 4 is 39.3 Å². The number of carbonyl (C=O) groups is 1. The highest BCUT2D eigenvalue weighted by Gasteiger charge is 2.64. The van der Waals surface area contributed by atoms with Gasteiger partial charge in [-0.05, 0) is 61.7 Å². The minimum atomic E-state index is -5.40. The van der Waals surface area contributed by atoms with Gasteiger partial charge in [-0.15, -0.1) is 11.6 Å². The van der Waals surface area contributed by atoms with Crippen molar-refractivity contribution in [2.45, 2.75) is 62.2 Å². The van der Waals surface area contributed by atoms with E-state index in [9.17, 15) is 49.4 Å². The van der Waals surface area contributed by atoms with E-state index in [1.807, 2.05) is 0 Å². The number of amides is 1. The van der Waals surface area contributed by atoms with Crippen molar-refractivity contribution in [2.24, 2.45) is 4.99 Å².